The van der Waals surface area contributed by atoms with Crippen molar-refractivity contribution in [2.24, 2.45) is 0 Å². The lowest BCUT2D eigenvalue weighted by atomic mass is 10.1. The van der Waals surface area contributed by atoms with Gasteiger partial charge in [0, 0.05) is 18.1 Å². The third-order valence-electron chi connectivity index (χ3n) is 2.72. The van der Waals surface area contributed by atoms with E-state index in [0.29, 0.717) is 23.5 Å². The molecule has 2 aromatic rings. The summed E-state index contributed by atoms with van der Waals surface area (Å²) in [6.45, 7) is 0.444. The van der Waals surface area contributed by atoms with E-state index in [-0.39, 0.29) is 5.91 Å². The minimum Gasteiger partial charge on any atom is -0.496 e. The van der Waals surface area contributed by atoms with E-state index in [0.717, 1.165) is 5.69 Å². The molecule has 1 amide bonds. The van der Waals surface area contributed by atoms with Gasteiger partial charge in [-0.25, -0.2) is 4.98 Å². The Morgan fingerprint density at radius 1 is 1.53 bits per heavy atom. The number of ether oxygens (including phenoxy) is 1. The van der Waals surface area contributed by atoms with Gasteiger partial charge in [-0.2, -0.15) is 0 Å². The van der Waals surface area contributed by atoms with Gasteiger partial charge in [0.1, 0.15) is 11.3 Å². The Balaban J connectivity index is 2.24. The van der Waals surface area contributed by atoms with Crippen LogP contribution in [0.3, 0.4) is 0 Å². The highest BCUT2D eigenvalue weighted by atomic mass is 32.1. The minimum atomic E-state index is -0.178. The number of rotatable bonds is 4. The highest BCUT2D eigenvalue weighted by molar-refractivity contribution is 7.07. The second kappa shape index (κ2) is 5.71. The monoisotopic (exact) mass is 277 g/mol. The van der Waals surface area contributed by atoms with E-state index >= 15 is 0 Å². The van der Waals surface area contributed by atoms with E-state index in [1.807, 2.05) is 5.38 Å². The van der Waals surface area contributed by atoms with Crippen molar-refractivity contribution in [2.45, 2.75) is 6.54 Å². The lowest BCUT2D eigenvalue weighted by molar-refractivity contribution is 0.0781. The van der Waals surface area contributed by atoms with Crippen molar-refractivity contribution < 1.29 is 9.53 Å². The molecule has 0 saturated carbocycles. The van der Waals surface area contributed by atoms with Crippen molar-refractivity contribution in [2.75, 3.05) is 19.9 Å². The Kier molecular flexibility index (Phi) is 4.01. The summed E-state index contributed by atoms with van der Waals surface area (Å²) in [4.78, 5) is 18.1. The standard InChI is InChI=1S/C13H15N3O2S/c1-16(6-9-7-19-8-15-9)13(17)12-10(14)4-3-5-11(12)18-2/h3-5,7-8H,6,14H2,1-2H3. The van der Waals surface area contributed by atoms with Gasteiger partial charge in [0.25, 0.3) is 5.91 Å². The van der Waals surface area contributed by atoms with Crippen LogP contribution in [0.25, 0.3) is 0 Å². The maximum Gasteiger partial charge on any atom is 0.259 e. The summed E-state index contributed by atoms with van der Waals surface area (Å²) in [6.07, 6.45) is 0. The van der Waals surface area contributed by atoms with E-state index in [1.165, 1.54) is 18.4 Å². The van der Waals surface area contributed by atoms with E-state index in [9.17, 15) is 4.79 Å². The summed E-state index contributed by atoms with van der Waals surface area (Å²) >= 11 is 1.50. The van der Waals surface area contributed by atoms with Crippen LogP contribution in [0.2, 0.25) is 0 Å². The van der Waals surface area contributed by atoms with Crippen molar-refractivity contribution in [3.05, 3.63) is 40.3 Å². The summed E-state index contributed by atoms with van der Waals surface area (Å²) in [5, 5.41) is 1.91. The molecule has 0 bridgehead atoms. The first-order valence-corrected chi connectivity index (χ1v) is 6.62. The smallest absolute Gasteiger partial charge is 0.259 e. The fourth-order valence-electron chi connectivity index (χ4n) is 1.77. The summed E-state index contributed by atoms with van der Waals surface area (Å²) in [5.74, 6) is 0.304. The molecule has 2 N–H and O–H groups in total. The number of benzene rings is 1. The van der Waals surface area contributed by atoms with Gasteiger partial charge in [-0.05, 0) is 12.1 Å². The van der Waals surface area contributed by atoms with Crippen molar-refractivity contribution >= 4 is 22.9 Å². The van der Waals surface area contributed by atoms with Gasteiger partial charge in [-0.1, -0.05) is 6.07 Å². The lowest BCUT2D eigenvalue weighted by Crippen LogP contribution is -2.27. The molecule has 6 heteroatoms. The SMILES string of the molecule is COc1cccc(N)c1C(=O)N(C)Cc1cscn1. The number of nitrogens with two attached hydrogens (primary N) is 1. The fraction of sp³-hybridized carbons (Fsp3) is 0.231. The first-order valence-electron chi connectivity index (χ1n) is 5.68. The molecule has 0 radical (unpaired) electrons. The van der Waals surface area contributed by atoms with Gasteiger partial charge in [-0.3, -0.25) is 4.79 Å². The lowest BCUT2D eigenvalue weighted by Gasteiger charge is -2.18. The molecule has 0 aliphatic carbocycles. The molecule has 0 unspecified atom stereocenters. The molecule has 100 valence electrons. The van der Waals surface area contributed by atoms with Crippen LogP contribution in [-0.4, -0.2) is 29.9 Å². The van der Waals surface area contributed by atoms with Crippen LogP contribution in [0.15, 0.2) is 29.1 Å². The second-order valence-electron chi connectivity index (χ2n) is 4.07. The van der Waals surface area contributed by atoms with Gasteiger partial charge >= 0.3 is 0 Å². The highest BCUT2D eigenvalue weighted by Gasteiger charge is 2.20. The summed E-state index contributed by atoms with van der Waals surface area (Å²) in [7, 11) is 3.24. The van der Waals surface area contributed by atoms with Crippen LogP contribution in [-0.2, 0) is 6.54 Å². The van der Waals surface area contributed by atoms with Crippen LogP contribution in [0, 0.1) is 0 Å². The largest absolute Gasteiger partial charge is 0.496 e. The third-order valence-corrected chi connectivity index (χ3v) is 3.36. The number of hydrogen-bond donors (Lipinski definition) is 1. The average molecular weight is 277 g/mol. The van der Waals surface area contributed by atoms with Gasteiger partial charge in [0.05, 0.1) is 24.9 Å². The number of anilines is 1. The normalized spacial score (nSPS) is 10.2. The summed E-state index contributed by atoms with van der Waals surface area (Å²) in [6, 6.07) is 5.16. The molecule has 0 fully saturated rings. The number of nitrogen functional groups attached to an aromatic ring is 1. The molecule has 2 rings (SSSR count). The molecule has 0 spiro atoms. The Morgan fingerprint density at radius 2 is 2.32 bits per heavy atom. The number of thiazole rings is 1. The first-order chi connectivity index (χ1) is 9.13. The number of carbonyl (C=O) groups excluding carboxylic acids is 1. The zero-order valence-corrected chi connectivity index (χ0v) is 11.6. The van der Waals surface area contributed by atoms with Crippen LogP contribution < -0.4 is 10.5 Å². The number of hydrogen-bond acceptors (Lipinski definition) is 5. The number of methoxy groups -OCH3 is 1. The molecule has 5 nitrogen and oxygen atoms in total. The number of aromatic nitrogens is 1. The molecule has 19 heavy (non-hydrogen) atoms. The molecular formula is C13H15N3O2S. The predicted octanol–water partition coefficient (Wildman–Crippen LogP) is 2.01. The highest BCUT2D eigenvalue weighted by Crippen LogP contribution is 2.25. The Bertz CT molecular complexity index is 569. The predicted molar refractivity (Wildman–Crippen MR) is 75.3 cm³/mol. The minimum absolute atomic E-state index is 0.178. The Hall–Kier alpha value is -2.08. The van der Waals surface area contributed by atoms with Crippen LogP contribution in [0.4, 0.5) is 5.69 Å². The average Bonchev–Trinajstić information content (AvgIpc) is 2.90. The van der Waals surface area contributed by atoms with Crippen molar-refractivity contribution in [3.8, 4) is 5.75 Å². The van der Waals surface area contributed by atoms with E-state index in [4.69, 9.17) is 10.5 Å². The molecule has 0 aliphatic rings. The summed E-state index contributed by atoms with van der Waals surface area (Å²) < 4.78 is 5.19. The molecule has 1 heterocycles. The van der Waals surface area contributed by atoms with Crippen LogP contribution in [0.1, 0.15) is 16.1 Å². The maximum atomic E-state index is 12.4. The van der Waals surface area contributed by atoms with Gasteiger partial charge in [-0.15, -0.1) is 11.3 Å². The summed E-state index contributed by atoms with van der Waals surface area (Å²) in [5.41, 5.74) is 9.27. The molecule has 1 aromatic heterocycles. The number of carbonyl (C=O) groups is 1. The Morgan fingerprint density at radius 3 is 2.95 bits per heavy atom. The molecule has 0 saturated heterocycles. The van der Waals surface area contributed by atoms with E-state index in [2.05, 4.69) is 4.98 Å². The zero-order valence-electron chi connectivity index (χ0n) is 10.8. The maximum absolute atomic E-state index is 12.4. The van der Waals surface area contributed by atoms with Gasteiger partial charge in [0.15, 0.2) is 0 Å². The third kappa shape index (κ3) is 2.85. The zero-order chi connectivity index (χ0) is 13.8. The van der Waals surface area contributed by atoms with E-state index in [1.54, 1.807) is 35.7 Å². The number of amides is 1. The Labute approximate surface area is 115 Å². The van der Waals surface area contributed by atoms with Crippen molar-refractivity contribution in [1.29, 1.82) is 0 Å². The van der Waals surface area contributed by atoms with Crippen LogP contribution in [0.5, 0.6) is 5.75 Å². The molecule has 0 aliphatic heterocycles. The first kappa shape index (κ1) is 13.4. The molecule has 0 atom stereocenters. The van der Waals surface area contributed by atoms with E-state index < -0.39 is 0 Å². The fourth-order valence-corrected chi connectivity index (χ4v) is 2.32. The topological polar surface area (TPSA) is 68.5 Å². The quantitative estimate of drug-likeness (QED) is 0.868. The number of nitrogens with zero attached hydrogens (tertiary/aromatic N) is 2. The van der Waals surface area contributed by atoms with Crippen molar-refractivity contribution in [3.63, 3.8) is 0 Å². The van der Waals surface area contributed by atoms with Gasteiger partial charge < -0.3 is 15.4 Å². The van der Waals surface area contributed by atoms with Gasteiger partial charge in [0.2, 0.25) is 0 Å². The van der Waals surface area contributed by atoms with Crippen LogP contribution >= 0.6 is 11.3 Å². The molecular weight excluding hydrogens is 262 g/mol. The second-order valence-corrected chi connectivity index (χ2v) is 4.78. The van der Waals surface area contributed by atoms with Crippen molar-refractivity contribution in [1.82, 2.24) is 9.88 Å². The molecule has 1 aromatic carbocycles.